The van der Waals surface area contributed by atoms with Crippen LogP contribution in [0.25, 0.3) is 76.6 Å². The van der Waals surface area contributed by atoms with E-state index in [-0.39, 0.29) is 6.04 Å². The fraction of sp³-hybridized carbons (Fsp3) is 0.0263. The molecule has 1 N–H and O–H groups in total. The van der Waals surface area contributed by atoms with E-state index in [9.17, 15) is 0 Å². The maximum atomic E-state index is 6.83. The van der Waals surface area contributed by atoms with Crippen LogP contribution in [-0.4, -0.2) is 20.7 Å². The average Bonchev–Trinajstić information content (AvgIpc) is 3.79. The first kappa shape index (κ1) is 21.9. The Balaban J connectivity index is 1.50. The second-order valence-corrected chi connectivity index (χ2v) is 11.6. The highest BCUT2D eigenvalue weighted by Crippen LogP contribution is 2.53. The third-order valence-corrected chi connectivity index (χ3v) is 9.41. The minimum absolute atomic E-state index is 0.0273. The standard InChI is InChI=1S/C38H22N4O/c1-2-11-21(12-3-1)41-28-19-8-4-13-22(28)32-36(41)35-30(31-23-14-5-9-20-29(23)43-37(31)32)24-15-10-16-25-33-38(42(35)34(24)25)40-27-18-7-6-17-26(27)39-33/h1-20,27,40H. The zero-order chi connectivity index (χ0) is 27.8. The summed E-state index contributed by atoms with van der Waals surface area (Å²) in [6.07, 6.45) is 8.46. The van der Waals surface area contributed by atoms with Crippen molar-refractivity contribution >= 4 is 88.2 Å². The van der Waals surface area contributed by atoms with Crippen molar-refractivity contribution < 1.29 is 4.42 Å². The smallest absolute Gasteiger partial charge is 0.146 e. The van der Waals surface area contributed by atoms with Crippen LogP contribution >= 0.6 is 0 Å². The molecule has 5 heterocycles. The number of aromatic nitrogens is 2. The van der Waals surface area contributed by atoms with Crippen molar-refractivity contribution in [2.24, 2.45) is 4.99 Å². The molecule has 0 spiro atoms. The molecule has 0 saturated carbocycles. The Labute approximate surface area is 244 Å². The second kappa shape index (κ2) is 7.52. The molecule has 1 unspecified atom stereocenters. The van der Waals surface area contributed by atoms with Crippen molar-refractivity contribution in [3.8, 4) is 5.69 Å². The van der Waals surface area contributed by atoms with Gasteiger partial charge >= 0.3 is 0 Å². The number of hydrogen-bond donors (Lipinski definition) is 1. The molecule has 9 aromatic rings. The minimum atomic E-state index is 0.0273. The molecule has 0 amide bonds. The Morgan fingerprint density at radius 1 is 0.651 bits per heavy atom. The van der Waals surface area contributed by atoms with E-state index in [2.05, 4.69) is 136 Å². The molecule has 0 fully saturated rings. The Kier molecular flexibility index (Phi) is 3.83. The molecule has 4 aromatic heterocycles. The van der Waals surface area contributed by atoms with Gasteiger partial charge in [-0.15, -0.1) is 0 Å². The monoisotopic (exact) mass is 550 g/mol. The van der Waals surface area contributed by atoms with Gasteiger partial charge in [-0.05, 0) is 30.3 Å². The third-order valence-electron chi connectivity index (χ3n) is 9.41. The van der Waals surface area contributed by atoms with Crippen molar-refractivity contribution in [3.05, 3.63) is 121 Å². The summed E-state index contributed by atoms with van der Waals surface area (Å²) in [5.41, 5.74) is 9.65. The minimum Gasteiger partial charge on any atom is -0.455 e. The molecular formula is C38H22N4O. The number of anilines is 1. The summed E-state index contributed by atoms with van der Waals surface area (Å²) in [6.45, 7) is 0. The van der Waals surface area contributed by atoms with Gasteiger partial charge in [0.15, 0.2) is 0 Å². The summed E-state index contributed by atoms with van der Waals surface area (Å²) in [5, 5.41) is 12.1. The molecule has 1 aliphatic carbocycles. The quantitative estimate of drug-likeness (QED) is 0.221. The van der Waals surface area contributed by atoms with Gasteiger partial charge in [0.05, 0.1) is 39.2 Å². The summed E-state index contributed by atoms with van der Waals surface area (Å²) in [6, 6.07) is 34.5. The fourth-order valence-corrected chi connectivity index (χ4v) is 7.75. The number of nitrogens with one attached hydrogen (secondary N) is 1. The lowest BCUT2D eigenvalue weighted by Gasteiger charge is -2.23. The van der Waals surface area contributed by atoms with E-state index in [1.54, 1.807) is 0 Å². The highest BCUT2D eigenvalue weighted by Gasteiger charge is 2.32. The first-order valence-corrected chi connectivity index (χ1v) is 14.7. The zero-order valence-corrected chi connectivity index (χ0v) is 22.9. The summed E-state index contributed by atoms with van der Waals surface area (Å²) < 4.78 is 11.7. The maximum Gasteiger partial charge on any atom is 0.146 e. The third kappa shape index (κ3) is 2.53. The predicted molar refractivity (Wildman–Crippen MR) is 178 cm³/mol. The predicted octanol–water partition coefficient (Wildman–Crippen LogP) is 9.67. The highest BCUT2D eigenvalue weighted by atomic mass is 16.3. The Bertz CT molecular complexity index is 2750. The van der Waals surface area contributed by atoms with E-state index in [1.165, 1.54) is 32.6 Å². The number of furan rings is 1. The molecule has 5 nitrogen and oxygen atoms in total. The highest BCUT2D eigenvalue weighted by molar-refractivity contribution is 6.40. The van der Waals surface area contributed by atoms with E-state index in [4.69, 9.17) is 9.41 Å². The van der Waals surface area contributed by atoms with Gasteiger partial charge in [0.2, 0.25) is 0 Å². The van der Waals surface area contributed by atoms with Gasteiger partial charge in [-0.2, -0.15) is 0 Å². The van der Waals surface area contributed by atoms with E-state index in [0.29, 0.717) is 0 Å². The molecule has 1 atom stereocenters. The first-order valence-electron chi connectivity index (χ1n) is 14.7. The lowest BCUT2D eigenvalue weighted by Crippen LogP contribution is -2.30. The van der Waals surface area contributed by atoms with Gasteiger partial charge in [0.1, 0.15) is 22.7 Å². The first-order chi connectivity index (χ1) is 21.4. The number of nitrogens with zero attached hydrogens (tertiary/aromatic N) is 3. The molecule has 2 aliphatic rings. The van der Waals surface area contributed by atoms with Crippen molar-refractivity contribution in [2.75, 3.05) is 5.32 Å². The van der Waals surface area contributed by atoms with Gasteiger partial charge in [-0.1, -0.05) is 91.0 Å². The molecule has 0 radical (unpaired) electrons. The van der Waals surface area contributed by atoms with Crippen LogP contribution in [0.4, 0.5) is 11.5 Å². The fourth-order valence-electron chi connectivity index (χ4n) is 7.75. The van der Waals surface area contributed by atoms with Crippen LogP contribution in [0.5, 0.6) is 0 Å². The topological polar surface area (TPSA) is 46.9 Å². The van der Waals surface area contributed by atoms with Crippen LogP contribution in [0.3, 0.4) is 0 Å². The number of benzene rings is 5. The molecule has 0 bridgehead atoms. The van der Waals surface area contributed by atoms with Crippen LogP contribution in [0.2, 0.25) is 0 Å². The largest absolute Gasteiger partial charge is 0.455 e. The second-order valence-electron chi connectivity index (χ2n) is 11.6. The molecule has 43 heavy (non-hydrogen) atoms. The molecule has 5 aromatic carbocycles. The SMILES string of the molecule is C1=CC2=Nc3c(n4c5c3cccc5c3c5c6ccccc6oc5c5c6ccccc6n(-c6ccccc6)c5c34)NC2C=C1. The summed E-state index contributed by atoms with van der Waals surface area (Å²) in [5.74, 6) is 1.04. The molecular weight excluding hydrogens is 528 g/mol. The van der Waals surface area contributed by atoms with Crippen LogP contribution in [0.1, 0.15) is 0 Å². The molecule has 1 aliphatic heterocycles. The Morgan fingerprint density at radius 3 is 2.37 bits per heavy atom. The number of aliphatic imine (C=N–C) groups is 1. The molecule has 5 heteroatoms. The van der Waals surface area contributed by atoms with Crippen LogP contribution in [0.15, 0.2) is 131 Å². The van der Waals surface area contributed by atoms with Crippen LogP contribution < -0.4 is 5.32 Å². The van der Waals surface area contributed by atoms with E-state index in [1.807, 2.05) is 0 Å². The lowest BCUT2D eigenvalue weighted by molar-refractivity contribution is 0.673. The van der Waals surface area contributed by atoms with Crippen LogP contribution in [-0.2, 0) is 0 Å². The van der Waals surface area contributed by atoms with Crippen molar-refractivity contribution in [1.29, 1.82) is 0 Å². The van der Waals surface area contributed by atoms with Gasteiger partial charge in [-0.25, -0.2) is 4.99 Å². The zero-order valence-electron chi connectivity index (χ0n) is 22.9. The summed E-state index contributed by atoms with van der Waals surface area (Å²) >= 11 is 0. The summed E-state index contributed by atoms with van der Waals surface area (Å²) in [7, 11) is 0. The Hall–Kier alpha value is -5.81. The van der Waals surface area contributed by atoms with Crippen LogP contribution in [0, 0.1) is 0 Å². The lowest BCUT2D eigenvalue weighted by atomic mass is 10.0. The van der Waals surface area contributed by atoms with Gasteiger partial charge in [-0.3, -0.25) is 4.40 Å². The Morgan fingerprint density at radius 2 is 1.44 bits per heavy atom. The van der Waals surface area contributed by atoms with Gasteiger partial charge in [0, 0.05) is 38.0 Å². The van der Waals surface area contributed by atoms with Gasteiger partial charge < -0.3 is 14.3 Å². The number of para-hydroxylation sites is 4. The normalized spacial score (nSPS) is 16.3. The number of allylic oxidation sites excluding steroid dienone is 2. The number of fused-ring (bicyclic) bond motifs is 16. The molecule has 11 rings (SSSR count). The van der Waals surface area contributed by atoms with Crippen molar-refractivity contribution in [1.82, 2.24) is 8.97 Å². The number of rotatable bonds is 1. The van der Waals surface area contributed by atoms with Crippen molar-refractivity contribution in [2.45, 2.75) is 6.04 Å². The number of hydrogen-bond acceptors (Lipinski definition) is 3. The van der Waals surface area contributed by atoms with E-state index >= 15 is 0 Å². The van der Waals surface area contributed by atoms with E-state index in [0.717, 1.165) is 61.3 Å². The summed E-state index contributed by atoms with van der Waals surface area (Å²) in [4.78, 5) is 5.24. The average molecular weight is 551 g/mol. The maximum absolute atomic E-state index is 6.83. The molecule has 200 valence electrons. The van der Waals surface area contributed by atoms with E-state index < -0.39 is 0 Å². The molecule has 0 saturated heterocycles. The van der Waals surface area contributed by atoms with Crippen molar-refractivity contribution in [3.63, 3.8) is 0 Å². The van der Waals surface area contributed by atoms with Gasteiger partial charge in [0.25, 0.3) is 0 Å².